The Labute approximate surface area is 108 Å². The molecular formula is C15H21N3. The van der Waals surface area contributed by atoms with Gasteiger partial charge in [0.1, 0.15) is 5.82 Å². The van der Waals surface area contributed by atoms with Crippen LogP contribution in [-0.4, -0.2) is 16.1 Å². The minimum Gasteiger partial charge on any atom is -0.330 e. The third-order valence-corrected chi connectivity index (χ3v) is 4.22. The van der Waals surface area contributed by atoms with Gasteiger partial charge in [0, 0.05) is 7.05 Å². The third kappa shape index (κ3) is 1.93. The van der Waals surface area contributed by atoms with Gasteiger partial charge in [-0.15, -0.1) is 0 Å². The average molecular weight is 243 g/mol. The molecule has 1 aromatic carbocycles. The van der Waals surface area contributed by atoms with Crippen LogP contribution in [0.5, 0.6) is 0 Å². The molecule has 0 spiro atoms. The van der Waals surface area contributed by atoms with Crippen LogP contribution in [-0.2, 0) is 7.05 Å². The fourth-order valence-corrected chi connectivity index (χ4v) is 3.04. The van der Waals surface area contributed by atoms with Crippen molar-refractivity contribution in [1.82, 2.24) is 14.9 Å². The van der Waals surface area contributed by atoms with Gasteiger partial charge in [0.15, 0.2) is 0 Å². The van der Waals surface area contributed by atoms with E-state index in [0.29, 0.717) is 6.04 Å². The number of aryl methyl sites for hydroxylation is 1. The zero-order chi connectivity index (χ0) is 12.5. The summed E-state index contributed by atoms with van der Waals surface area (Å²) in [5.41, 5.74) is 2.34. The molecule has 1 aliphatic rings. The van der Waals surface area contributed by atoms with E-state index in [2.05, 4.69) is 48.1 Å². The van der Waals surface area contributed by atoms with Crippen LogP contribution in [0.4, 0.5) is 0 Å². The molecule has 0 bridgehead atoms. The molecule has 2 heterocycles. The number of nitrogens with zero attached hydrogens (tertiary/aromatic N) is 2. The van der Waals surface area contributed by atoms with E-state index >= 15 is 0 Å². The number of hydrogen-bond acceptors (Lipinski definition) is 2. The summed E-state index contributed by atoms with van der Waals surface area (Å²) < 4.78 is 2.24. The van der Waals surface area contributed by atoms with E-state index < -0.39 is 0 Å². The molecule has 1 aliphatic heterocycles. The number of piperidine rings is 1. The van der Waals surface area contributed by atoms with Gasteiger partial charge >= 0.3 is 0 Å². The van der Waals surface area contributed by atoms with E-state index in [-0.39, 0.29) is 0 Å². The molecule has 2 atom stereocenters. The highest BCUT2D eigenvalue weighted by Gasteiger charge is 2.25. The molecule has 3 nitrogen and oxygen atoms in total. The van der Waals surface area contributed by atoms with Gasteiger partial charge in [-0.3, -0.25) is 0 Å². The van der Waals surface area contributed by atoms with Crippen LogP contribution in [0.1, 0.15) is 38.1 Å². The van der Waals surface area contributed by atoms with Crippen LogP contribution < -0.4 is 5.32 Å². The molecule has 0 saturated carbocycles. The van der Waals surface area contributed by atoms with Crippen molar-refractivity contribution < 1.29 is 0 Å². The molecule has 2 unspecified atom stereocenters. The highest BCUT2D eigenvalue weighted by atomic mass is 15.1. The normalized spacial score (nSPS) is 24.6. The van der Waals surface area contributed by atoms with E-state index in [4.69, 9.17) is 4.98 Å². The van der Waals surface area contributed by atoms with Crippen molar-refractivity contribution in [3.05, 3.63) is 30.1 Å². The Bertz CT molecular complexity index is 544. The van der Waals surface area contributed by atoms with Gasteiger partial charge in [-0.25, -0.2) is 4.98 Å². The first-order chi connectivity index (χ1) is 8.79. The Morgan fingerprint density at radius 1 is 1.39 bits per heavy atom. The summed E-state index contributed by atoms with van der Waals surface area (Å²) in [4.78, 5) is 4.81. The number of nitrogens with one attached hydrogen (secondary N) is 1. The van der Waals surface area contributed by atoms with E-state index in [1.807, 2.05) is 0 Å². The number of rotatable bonds is 2. The Morgan fingerprint density at radius 2 is 2.22 bits per heavy atom. The molecular weight excluding hydrogens is 222 g/mol. The quantitative estimate of drug-likeness (QED) is 0.878. The summed E-state index contributed by atoms with van der Waals surface area (Å²) in [6, 6.07) is 8.80. The maximum atomic E-state index is 4.81. The molecule has 18 heavy (non-hydrogen) atoms. The topological polar surface area (TPSA) is 29.9 Å². The van der Waals surface area contributed by atoms with Crippen LogP contribution in [0.25, 0.3) is 11.0 Å². The summed E-state index contributed by atoms with van der Waals surface area (Å²) in [6.45, 7) is 3.41. The lowest BCUT2D eigenvalue weighted by molar-refractivity contribution is 0.288. The standard InChI is InChI=1S/C15H21N3/c1-3-11-8-9-16-13(10-11)15-17-12-6-4-5-7-14(12)18(15)2/h4-7,11,13,16H,3,8-10H2,1-2H3. The lowest BCUT2D eigenvalue weighted by atomic mass is 9.90. The fraction of sp³-hybridized carbons (Fsp3) is 0.533. The molecule has 0 radical (unpaired) electrons. The summed E-state index contributed by atoms with van der Waals surface area (Å²) in [6.07, 6.45) is 3.80. The second-order valence-electron chi connectivity index (χ2n) is 5.32. The largest absolute Gasteiger partial charge is 0.330 e. The van der Waals surface area contributed by atoms with Crippen molar-refractivity contribution in [2.45, 2.75) is 32.2 Å². The first-order valence-electron chi connectivity index (χ1n) is 6.94. The average Bonchev–Trinajstić information content (AvgIpc) is 2.77. The fourth-order valence-electron chi connectivity index (χ4n) is 3.04. The van der Waals surface area contributed by atoms with Crippen LogP contribution in [0.3, 0.4) is 0 Å². The summed E-state index contributed by atoms with van der Waals surface area (Å²) >= 11 is 0. The maximum Gasteiger partial charge on any atom is 0.126 e. The van der Waals surface area contributed by atoms with Crippen LogP contribution in [0, 0.1) is 5.92 Å². The van der Waals surface area contributed by atoms with Crippen molar-refractivity contribution in [3.8, 4) is 0 Å². The van der Waals surface area contributed by atoms with Crippen molar-refractivity contribution in [1.29, 1.82) is 0 Å². The molecule has 1 aromatic heterocycles. The van der Waals surface area contributed by atoms with E-state index in [0.717, 1.165) is 18.0 Å². The summed E-state index contributed by atoms with van der Waals surface area (Å²) in [7, 11) is 2.13. The van der Waals surface area contributed by atoms with Crippen molar-refractivity contribution in [3.63, 3.8) is 0 Å². The van der Waals surface area contributed by atoms with Gasteiger partial charge in [-0.05, 0) is 37.4 Å². The number of imidazole rings is 1. The smallest absolute Gasteiger partial charge is 0.126 e. The van der Waals surface area contributed by atoms with Gasteiger partial charge in [0.05, 0.1) is 17.1 Å². The zero-order valence-electron chi connectivity index (χ0n) is 11.2. The molecule has 2 aromatic rings. The highest BCUT2D eigenvalue weighted by Crippen LogP contribution is 2.29. The monoisotopic (exact) mass is 243 g/mol. The molecule has 3 rings (SSSR count). The molecule has 0 aliphatic carbocycles. The number of benzene rings is 1. The summed E-state index contributed by atoms with van der Waals surface area (Å²) in [5, 5.41) is 3.62. The van der Waals surface area contributed by atoms with Gasteiger partial charge in [-0.1, -0.05) is 25.5 Å². The van der Waals surface area contributed by atoms with Crippen LogP contribution in [0.15, 0.2) is 24.3 Å². The van der Waals surface area contributed by atoms with Gasteiger partial charge in [0.25, 0.3) is 0 Å². The first-order valence-corrected chi connectivity index (χ1v) is 6.94. The highest BCUT2D eigenvalue weighted by molar-refractivity contribution is 5.75. The van der Waals surface area contributed by atoms with Crippen molar-refractivity contribution in [2.24, 2.45) is 13.0 Å². The minimum atomic E-state index is 0.418. The Hall–Kier alpha value is -1.35. The first kappa shape index (κ1) is 11.7. The molecule has 0 amide bonds. The number of hydrogen-bond donors (Lipinski definition) is 1. The van der Waals surface area contributed by atoms with Crippen LogP contribution >= 0.6 is 0 Å². The van der Waals surface area contributed by atoms with E-state index in [1.165, 1.54) is 30.6 Å². The second-order valence-corrected chi connectivity index (χ2v) is 5.32. The molecule has 96 valence electrons. The third-order valence-electron chi connectivity index (χ3n) is 4.22. The lowest BCUT2D eigenvalue weighted by Gasteiger charge is -2.29. The van der Waals surface area contributed by atoms with E-state index in [1.54, 1.807) is 0 Å². The number of para-hydroxylation sites is 2. The molecule has 1 saturated heterocycles. The molecule has 3 heteroatoms. The van der Waals surface area contributed by atoms with Crippen LogP contribution in [0.2, 0.25) is 0 Å². The van der Waals surface area contributed by atoms with Crippen molar-refractivity contribution >= 4 is 11.0 Å². The predicted octanol–water partition coefficient (Wildman–Crippen LogP) is 3.02. The van der Waals surface area contributed by atoms with Gasteiger partial charge < -0.3 is 9.88 Å². The Morgan fingerprint density at radius 3 is 3.00 bits per heavy atom. The Kier molecular flexibility index (Phi) is 3.08. The zero-order valence-corrected chi connectivity index (χ0v) is 11.2. The van der Waals surface area contributed by atoms with Gasteiger partial charge in [0.2, 0.25) is 0 Å². The Balaban J connectivity index is 1.96. The summed E-state index contributed by atoms with van der Waals surface area (Å²) in [5.74, 6) is 2.03. The molecule has 1 N–H and O–H groups in total. The maximum absolute atomic E-state index is 4.81. The second kappa shape index (κ2) is 4.73. The number of fused-ring (bicyclic) bond motifs is 1. The van der Waals surface area contributed by atoms with E-state index in [9.17, 15) is 0 Å². The number of aromatic nitrogens is 2. The molecule has 1 fully saturated rings. The van der Waals surface area contributed by atoms with Gasteiger partial charge in [-0.2, -0.15) is 0 Å². The predicted molar refractivity (Wildman–Crippen MR) is 74.5 cm³/mol. The minimum absolute atomic E-state index is 0.418. The van der Waals surface area contributed by atoms with Crippen molar-refractivity contribution in [2.75, 3.05) is 6.54 Å². The SMILES string of the molecule is CCC1CCNC(c2nc3ccccc3n2C)C1. The lowest BCUT2D eigenvalue weighted by Crippen LogP contribution is -2.33.